The third-order valence-electron chi connectivity index (χ3n) is 5.67. The standard InChI is InChI=1S/C21H27N3O5/c1-26-16-4-3-15(13-18(16)27-2)17-14-19(23-29-17)21(5-6-21)20(25)22-7-8-24-9-11-28-12-10-24/h3-4,13-14H,5-12H2,1-2H3,(H,22,25). The fourth-order valence-corrected chi connectivity index (χ4v) is 3.67. The normalized spacial score (nSPS) is 18.3. The van der Waals surface area contributed by atoms with Gasteiger partial charge in [0.25, 0.3) is 0 Å². The number of amides is 1. The fourth-order valence-electron chi connectivity index (χ4n) is 3.67. The Bertz CT molecular complexity index is 856. The molecular formula is C21H27N3O5. The number of aromatic nitrogens is 1. The van der Waals surface area contributed by atoms with E-state index in [-0.39, 0.29) is 5.91 Å². The number of hydrogen-bond donors (Lipinski definition) is 1. The van der Waals surface area contributed by atoms with Crippen LogP contribution in [0, 0.1) is 0 Å². The van der Waals surface area contributed by atoms with Gasteiger partial charge in [0.15, 0.2) is 17.3 Å². The average Bonchev–Trinajstić information content (AvgIpc) is 3.43. The number of nitrogens with zero attached hydrogens (tertiary/aromatic N) is 2. The lowest BCUT2D eigenvalue weighted by Crippen LogP contribution is -2.43. The zero-order valence-corrected chi connectivity index (χ0v) is 16.9. The third kappa shape index (κ3) is 4.09. The predicted octanol–water partition coefficient (Wildman–Crippen LogP) is 1.84. The molecule has 8 nitrogen and oxygen atoms in total. The molecule has 2 aromatic rings. The summed E-state index contributed by atoms with van der Waals surface area (Å²) in [5, 5.41) is 7.28. The third-order valence-corrected chi connectivity index (χ3v) is 5.67. The molecule has 0 bridgehead atoms. The van der Waals surface area contributed by atoms with E-state index >= 15 is 0 Å². The number of morpholine rings is 1. The second kappa shape index (κ2) is 8.42. The highest BCUT2D eigenvalue weighted by Gasteiger charge is 2.53. The molecule has 1 N–H and O–H groups in total. The van der Waals surface area contributed by atoms with Gasteiger partial charge in [-0.2, -0.15) is 0 Å². The van der Waals surface area contributed by atoms with Gasteiger partial charge >= 0.3 is 0 Å². The highest BCUT2D eigenvalue weighted by atomic mass is 16.5. The van der Waals surface area contributed by atoms with Crippen LogP contribution in [0.3, 0.4) is 0 Å². The molecule has 1 aliphatic carbocycles. The molecule has 4 rings (SSSR count). The molecule has 0 atom stereocenters. The molecule has 8 heteroatoms. The number of methoxy groups -OCH3 is 2. The van der Waals surface area contributed by atoms with Crippen molar-refractivity contribution in [1.29, 1.82) is 0 Å². The summed E-state index contributed by atoms with van der Waals surface area (Å²) in [6, 6.07) is 7.40. The van der Waals surface area contributed by atoms with Crippen LogP contribution < -0.4 is 14.8 Å². The van der Waals surface area contributed by atoms with Crippen molar-refractivity contribution < 1.29 is 23.5 Å². The van der Waals surface area contributed by atoms with E-state index in [1.807, 2.05) is 24.3 Å². The number of rotatable bonds is 8. The van der Waals surface area contributed by atoms with E-state index in [1.165, 1.54) is 0 Å². The molecule has 0 spiro atoms. The summed E-state index contributed by atoms with van der Waals surface area (Å²) >= 11 is 0. The first-order valence-corrected chi connectivity index (χ1v) is 9.94. The highest BCUT2D eigenvalue weighted by molar-refractivity contribution is 5.91. The van der Waals surface area contributed by atoms with Crippen molar-refractivity contribution in [3.05, 3.63) is 30.0 Å². The van der Waals surface area contributed by atoms with E-state index in [0.717, 1.165) is 51.3 Å². The molecular weight excluding hydrogens is 374 g/mol. The Morgan fingerprint density at radius 3 is 2.62 bits per heavy atom. The molecule has 156 valence electrons. The van der Waals surface area contributed by atoms with Gasteiger partial charge < -0.3 is 24.1 Å². The molecule has 1 amide bonds. The summed E-state index contributed by atoms with van der Waals surface area (Å²) in [7, 11) is 3.19. The Labute approximate surface area is 170 Å². The summed E-state index contributed by atoms with van der Waals surface area (Å²) in [6.07, 6.45) is 1.57. The van der Waals surface area contributed by atoms with E-state index in [4.69, 9.17) is 18.7 Å². The maximum atomic E-state index is 12.8. The fraction of sp³-hybridized carbons (Fsp3) is 0.524. The van der Waals surface area contributed by atoms with Crippen molar-refractivity contribution in [3.8, 4) is 22.8 Å². The van der Waals surface area contributed by atoms with Crippen molar-refractivity contribution in [2.45, 2.75) is 18.3 Å². The molecule has 1 aromatic carbocycles. The lowest BCUT2D eigenvalue weighted by Gasteiger charge is -2.26. The number of carbonyl (C=O) groups is 1. The van der Waals surface area contributed by atoms with Crippen molar-refractivity contribution >= 4 is 5.91 Å². The van der Waals surface area contributed by atoms with Crippen molar-refractivity contribution in [2.24, 2.45) is 0 Å². The second-order valence-corrected chi connectivity index (χ2v) is 7.44. The molecule has 29 heavy (non-hydrogen) atoms. The Balaban J connectivity index is 1.41. The quantitative estimate of drug-likeness (QED) is 0.722. The summed E-state index contributed by atoms with van der Waals surface area (Å²) < 4.78 is 21.5. The van der Waals surface area contributed by atoms with E-state index in [1.54, 1.807) is 14.2 Å². The minimum absolute atomic E-state index is 0.0259. The van der Waals surface area contributed by atoms with Crippen LogP contribution >= 0.6 is 0 Å². The molecule has 1 aliphatic heterocycles. The lowest BCUT2D eigenvalue weighted by atomic mass is 10.0. The first-order valence-electron chi connectivity index (χ1n) is 9.94. The van der Waals surface area contributed by atoms with Gasteiger partial charge in [0, 0.05) is 37.8 Å². The molecule has 2 aliphatic rings. The Hall–Kier alpha value is -2.58. The average molecular weight is 401 g/mol. The maximum Gasteiger partial charge on any atom is 0.232 e. The van der Waals surface area contributed by atoms with Gasteiger partial charge in [0.05, 0.1) is 38.5 Å². The van der Waals surface area contributed by atoms with Gasteiger partial charge in [-0.1, -0.05) is 5.16 Å². The minimum atomic E-state index is -0.566. The first kappa shape index (κ1) is 19.7. The largest absolute Gasteiger partial charge is 0.493 e. The lowest BCUT2D eigenvalue weighted by molar-refractivity contribution is -0.123. The Morgan fingerprint density at radius 1 is 1.17 bits per heavy atom. The first-order chi connectivity index (χ1) is 14.2. The second-order valence-electron chi connectivity index (χ2n) is 7.44. The van der Waals surface area contributed by atoms with Crippen molar-refractivity contribution in [2.75, 3.05) is 53.6 Å². The Morgan fingerprint density at radius 2 is 1.93 bits per heavy atom. The van der Waals surface area contributed by atoms with Gasteiger partial charge in [0.1, 0.15) is 0 Å². The zero-order valence-electron chi connectivity index (χ0n) is 16.9. The molecule has 0 radical (unpaired) electrons. The predicted molar refractivity (Wildman–Crippen MR) is 106 cm³/mol. The van der Waals surface area contributed by atoms with Crippen LogP contribution in [0.4, 0.5) is 0 Å². The smallest absolute Gasteiger partial charge is 0.232 e. The molecule has 0 unspecified atom stereocenters. The summed E-state index contributed by atoms with van der Waals surface area (Å²) in [5.74, 6) is 1.89. The van der Waals surface area contributed by atoms with Crippen LogP contribution in [0.15, 0.2) is 28.8 Å². The van der Waals surface area contributed by atoms with E-state index in [9.17, 15) is 4.79 Å². The van der Waals surface area contributed by atoms with Crippen LogP contribution in [0.2, 0.25) is 0 Å². The SMILES string of the molecule is COc1ccc(-c2cc(C3(C(=O)NCCN4CCOCC4)CC3)no2)cc1OC. The van der Waals surface area contributed by atoms with Crippen LogP contribution in [0.1, 0.15) is 18.5 Å². The molecule has 2 fully saturated rings. The maximum absolute atomic E-state index is 12.8. The van der Waals surface area contributed by atoms with Gasteiger partial charge in [-0.25, -0.2) is 0 Å². The highest BCUT2D eigenvalue weighted by Crippen LogP contribution is 2.48. The van der Waals surface area contributed by atoms with Crippen LogP contribution in [-0.2, 0) is 14.9 Å². The topological polar surface area (TPSA) is 86.1 Å². The molecule has 1 aromatic heterocycles. The van der Waals surface area contributed by atoms with E-state index in [0.29, 0.717) is 29.5 Å². The zero-order chi connectivity index (χ0) is 20.3. The number of benzene rings is 1. The number of ether oxygens (including phenoxy) is 3. The summed E-state index contributed by atoms with van der Waals surface area (Å²) in [5.41, 5.74) is 0.944. The molecule has 1 saturated heterocycles. The summed E-state index contributed by atoms with van der Waals surface area (Å²) in [6.45, 7) is 4.81. The number of carbonyl (C=O) groups excluding carboxylic acids is 1. The van der Waals surface area contributed by atoms with Gasteiger partial charge in [-0.05, 0) is 31.0 Å². The van der Waals surface area contributed by atoms with Crippen molar-refractivity contribution in [1.82, 2.24) is 15.4 Å². The van der Waals surface area contributed by atoms with E-state index in [2.05, 4.69) is 15.4 Å². The van der Waals surface area contributed by atoms with Crippen LogP contribution in [-0.4, -0.2) is 69.6 Å². The molecule has 2 heterocycles. The van der Waals surface area contributed by atoms with E-state index < -0.39 is 5.41 Å². The van der Waals surface area contributed by atoms with Crippen molar-refractivity contribution in [3.63, 3.8) is 0 Å². The summed E-state index contributed by atoms with van der Waals surface area (Å²) in [4.78, 5) is 15.1. The minimum Gasteiger partial charge on any atom is -0.493 e. The van der Waals surface area contributed by atoms with Gasteiger partial charge in [-0.3, -0.25) is 9.69 Å². The Kier molecular flexibility index (Phi) is 5.73. The number of nitrogens with one attached hydrogen (secondary N) is 1. The monoisotopic (exact) mass is 401 g/mol. The molecule has 1 saturated carbocycles. The number of hydrogen-bond acceptors (Lipinski definition) is 7. The van der Waals surface area contributed by atoms with Gasteiger partial charge in [-0.15, -0.1) is 0 Å². The van der Waals surface area contributed by atoms with Crippen LogP contribution in [0.5, 0.6) is 11.5 Å². The van der Waals surface area contributed by atoms with Crippen LogP contribution in [0.25, 0.3) is 11.3 Å². The van der Waals surface area contributed by atoms with Gasteiger partial charge in [0.2, 0.25) is 5.91 Å².